The number of hydrogen-bond donors (Lipinski definition) is 1. The van der Waals surface area contributed by atoms with Gasteiger partial charge in [-0.2, -0.15) is 0 Å². The summed E-state index contributed by atoms with van der Waals surface area (Å²) in [6.07, 6.45) is 1.11. The van der Waals surface area contributed by atoms with Gasteiger partial charge in [0.1, 0.15) is 6.17 Å². The van der Waals surface area contributed by atoms with E-state index in [2.05, 4.69) is 79.2 Å². The van der Waals surface area contributed by atoms with Crippen LogP contribution in [-0.2, 0) is 4.74 Å². The SMILES string of the molecule is c1ccc([C@@H]2NC3=NCN(CCCN4CCOCC4)CN3c3nc4ccccc4n32)cc1. The molecule has 0 bridgehead atoms. The number of nitrogens with one attached hydrogen (secondary N) is 1. The highest BCUT2D eigenvalue weighted by atomic mass is 16.5. The fourth-order valence-electron chi connectivity index (χ4n) is 4.86. The van der Waals surface area contributed by atoms with Gasteiger partial charge in [0.2, 0.25) is 11.9 Å². The van der Waals surface area contributed by atoms with Gasteiger partial charge >= 0.3 is 0 Å². The first-order valence-electron chi connectivity index (χ1n) is 11.5. The van der Waals surface area contributed by atoms with Gasteiger partial charge in [-0.05, 0) is 30.7 Å². The summed E-state index contributed by atoms with van der Waals surface area (Å²) in [5.74, 6) is 1.86. The van der Waals surface area contributed by atoms with Crippen molar-refractivity contribution in [3.63, 3.8) is 0 Å². The largest absolute Gasteiger partial charge is 0.379 e. The molecule has 3 aromatic rings. The number of anilines is 1. The van der Waals surface area contributed by atoms with Gasteiger partial charge in [-0.3, -0.25) is 19.3 Å². The molecule has 0 saturated carbocycles. The van der Waals surface area contributed by atoms with Crippen LogP contribution in [-0.4, -0.2) is 78.0 Å². The second kappa shape index (κ2) is 8.54. The highest BCUT2D eigenvalue weighted by Gasteiger charge is 2.35. The molecule has 1 N–H and O–H groups in total. The summed E-state index contributed by atoms with van der Waals surface area (Å²) in [5.41, 5.74) is 3.34. The molecule has 8 heteroatoms. The van der Waals surface area contributed by atoms with E-state index in [4.69, 9.17) is 14.7 Å². The summed E-state index contributed by atoms with van der Waals surface area (Å²) >= 11 is 0. The molecule has 1 atom stereocenters. The van der Waals surface area contributed by atoms with Crippen LogP contribution >= 0.6 is 0 Å². The van der Waals surface area contributed by atoms with E-state index in [9.17, 15) is 0 Å². The van der Waals surface area contributed by atoms with E-state index in [-0.39, 0.29) is 6.17 Å². The minimum Gasteiger partial charge on any atom is -0.379 e. The predicted molar refractivity (Wildman–Crippen MR) is 126 cm³/mol. The number of para-hydroxylation sites is 2. The molecule has 8 nitrogen and oxygen atoms in total. The van der Waals surface area contributed by atoms with Crippen molar-refractivity contribution < 1.29 is 4.74 Å². The molecule has 1 fully saturated rings. The molecule has 0 unspecified atom stereocenters. The molecule has 2 aromatic carbocycles. The second-order valence-corrected chi connectivity index (χ2v) is 8.62. The Morgan fingerprint density at radius 1 is 0.938 bits per heavy atom. The topological polar surface area (TPSA) is 61.2 Å². The number of nitrogens with zero attached hydrogens (tertiary/aromatic N) is 6. The van der Waals surface area contributed by atoms with E-state index >= 15 is 0 Å². The summed E-state index contributed by atoms with van der Waals surface area (Å²) in [6, 6.07) is 18.9. The number of ether oxygens (including phenoxy) is 1. The maximum absolute atomic E-state index is 5.46. The number of hydrogen-bond acceptors (Lipinski definition) is 7. The zero-order chi connectivity index (χ0) is 21.3. The van der Waals surface area contributed by atoms with E-state index in [0.29, 0.717) is 6.67 Å². The fourth-order valence-corrected chi connectivity index (χ4v) is 4.86. The number of benzene rings is 2. The first kappa shape index (κ1) is 19.7. The standard InChI is InChI=1S/C24H29N7O/c1-2-7-19(8-3-1)22-27-23-25-17-29(12-6-11-28-13-15-32-16-14-28)18-30(23)24-26-20-9-4-5-10-21(20)31(22)24/h1-5,7-10,22H,6,11-18H2,(H,25,27)/t22-/m1/s1. The maximum Gasteiger partial charge on any atom is 0.216 e. The number of aromatic nitrogens is 2. The molecule has 3 aliphatic heterocycles. The number of aliphatic imine (C=N–C) groups is 1. The van der Waals surface area contributed by atoms with E-state index in [1.54, 1.807) is 0 Å². The third-order valence-electron chi connectivity index (χ3n) is 6.53. The summed E-state index contributed by atoms with van der Waals surface area (Å²) in [4.78, 5) is 17.0. The molecule has 1 saturated heterocycles. The van der Waals surface area contributed by atoms with Crippen molar-refractivity contribution in [2.24, 2.45) is 4.99 Å². The number of rotatable bonds is 5. The molecular formula is C24H29N7O. The average Bonchev–Trinajstić information content (AvgIpc) is 3.25. The van der Waals surface area contributed by atoms with Crippen LogP contribution in [0.1, 0.15) is 18.2 Å². The Morgan fingerprint density at radius 3 is 2.59 bits per heavy atom. The van der Waals surface area contributed by atoms with Crippen molar-refractivity contribution >= 4 is 22.9 Å². The van der Waals surface area contributed by atoms with Crippen LogP contribution < -0.4 is 10.2 Å². The lowest BCUT2D eigenvalue weighted by atomic mass is 10.1. The van der Waals surface area contributed by atoms with Crippen molar-refractivity contribution in [3.05, 3.63) is 60.2 Å². The third kappa shape index (κ3) is 3.64. The van der Waals surface area contributed by atoms with Crippen molar-refractivity contribution in [1.82, 2.24) is 24.7 Å². The lowest BCUT2D eigenvalue weighted by Crippen LogP contribution is -2.57. The molecule has 0 aliphatic carbocycles. The van der Waals surface area contributed by atoms with Crippen LogP contribution in [0, 0.1) is 0 Å². The zero-order valence-corrected chi connectivity index (χ0v) is 18.2. The van der Waals surface area contributed by atoms with Gasteiger partial charge in [0.05, 0.1) is 37.6 Å². The van der Waals surface area contributed by atoms with Crippen LogP contribution in [0.5, 0.6) is 0 Å². The Kier molecular flexibility index (Phi) is 5.26. The van der Waals surface area contributed by atoms with Crippen molar-refractivity contribution in [1.29, 1.82) is 0 Å². The molecule has 4 heterocycles. The lowest BCUT2D eigenvalue weighted by Gasteiger charge is -2.41. The van der Waals surface area contributed by atoms with Gasteiger partial charge in [-0.1, -0.05) is 42.5 Å². The summed E-state index contributed by atoms with van der Waals surface area (Å²) in [7, 11) is 0. The van der Waals surface area contributed by atoms with Gasteiger partial charge in [0, 0.05) is 19.6 Å². The molecule has 3 aliphatic rings. The van der Waals surface area contributed by atoms with Gasteiger partial charge < -0.3 is 10.1 Å². The Hall–Kier alpha value is -2.94. The Bertz CT molecular complexity index is 1110. The smallest absolute Gasteiger partial charge is 0.216 e. The van der Waals surface area contributed by atoms with Crippen molar-refractivity contribution in [3.8, 4) is 0 Å². The maximum atomic E-state index is 5.46. The van der Waals surface area contributed by atoms with Crippen LogP contribution in [0.3, 0.4) is 0 Å². The number of imidazole rings is 1. The normalized spacial score (nSPS) is 21.7. The second-order valence-electron chi connectivity index (χ2n) is 8.62. The average molecular weight is 432 g/mol. The molecule has 166 valence electrons. The molecule has 6 rings (SSSR count). The Morgan fingerprint density at radius 2 is 1.72 bits per heavy atom. The highest BCUT2D eigenvalue weighted by Crippen LogP contribution is 2.33. The highest BCUT2D eigenvalue weighted by molar-refractivity contribution is 5.98. The summed E-state index contributed by atoms with van der Waals surface area (Å²) in [5, 5.41) is 3.68. The van der Waals surface area contributed by atoms with Gasteiger partial charge in [-0.15, -0.1) is 0 Å². The van der Waals surface area contributed by atoms with Crippen molar-refractivity contribution in [2.75, 3.05) is 57.6 Å². The monoisotopic (exact) mass is 431 g/mol. The van der Waals surface area contributed by atoms with E-state index < -0.39 is 0 Å². The van der Waals surface area contributed by atoms with Crippen LogP contribution in [0.2, 0.25) is 0 Å². The van der Waals surface area contributed by atoms with Crippen molar-refractivity contribution in [2.45, 2.75) is 12.6 Å². The first-order valence-corrected chi connectivity index (χ1v) is 11.5. The summed E-state index contributed by atoms with van der Waals surface area (Å²) in [6.45, 7) is 7.44. The third-order valence-corrected chi connectivity index (χ3v) is 6.53. The molecule has 0 spiro atoms. The number of morpholine rings is 1. The Labute approximate surface area is 188 Å². The van der Waals surface area contributed by atoms with E-state index in [0.717, 1.165) is 75.4 Å². The quantitative estimate of drug-likeness (QED) is 0.669. The zero-order valence-electron chi connectivity index (χ0n) is 18.2. The first-order chi connectivity index (χ1) is 15.9. The fraction of sp³-hybridized carbons (Fsp3) is 0.417. The minimum absolute atomic E-state index is 0.0264. The van der Waals surface area contributed by atoms with Gasteiger partial charge in [-0.25, -0.2) is 9.98 Å². The molecule has 0 radical (unpaired) electrons. The Balaban J connectivity index is 1.26. The number of guanidine groups is 1. The van der Waals surface area contributed by atoms with Gasteiger partial charge in [0.25, 0.3) is 0 Å². The molecule has 0 amide bonds. The number of fused-ring (bicyclic) bond motifs is 5. The molecule has 1 aromatic heterocycles. The predicted octanol–water partition coefficient (Wildman–Crippen LogP) is 2.30. The lowest BCUT2D eigenvalue weighted by molar-refractivity contribution is 0.0361. The molecule has 32 heavy (non-hydrogen) atoms. The minimum atomic E-state index is -0.0264. The van der Waals surface area contributed by atoms with E-state index in [1.807, 2.05) is 0 Å². The molecular weight excluding hydrogens is 402 g/mol. The van der Waals surface area contributed by atoms with Gasteiger partial charge in [0.15, 0.2) is 0 Å². The van der Waals surface area contributed by atoms with Crippen LogP contribution in [0.15, 0.2) is 59.6 Å². The summed E-state index contributed by atoms with van der Waals surface area (Å²) < 4.78 is 7.77. The van der Waals surface area contributed by atoms with E-state index in [1.165, 1.54) is 5.56 Å². The van der Waals surface area contributed by atoms with Crippen LogP contribution in [0.4, 0.5) is 5.95 Å². The van der Waals surface area contributed by atoms with Crippen LogP contribution in [0.25, 0.3) is 11.0 Å².